The van der Waals surface area contributed by atoms with Gasteiger partial charge in [0.1, 0.15) is 0 Å². The average molecular weight is 360 g/mol. The molecule has 2 N–H and O–H groups in total. The highest BCUT2D eigenvalue weighted by atomic mass is 32.2. The SMILES string of the molecule is C[C@@H](Sc1nccn1Cc1ccccc1)C(=O)NC(=O)NC(C)(C)C. The molecular formula is C18H24N4O2S. The molecule has 3 amide bonds. The van der Waals surface area contributed by atoms with Gasteiger partial charge in [0.05, 0.1) is 5.25 Å². The minimum Gasteiger partial charge on any atom is -0.333 e. The van der Waals surface area contributed by atoms with Gasteiger partial charge in [-0.05, 0) is 33.3 Å². The number of aromatic nitrogens is 2. The number of rotatable bonds is 5. The summed E-state index contributed by atoms with van der Waals surface area (Å²) in [7, 11) is 0. The van der Waals surface area contributed by atoms with Crippen molar-refractivity contribution in [2.75, 3.05) is 0 Å². The van der Waals surface area contributed by atoms with Crippen molar-refractivity contribution in [1.29, 1.82) is 0 Å². The largest absolute Gasteiger partial charge is 0.333 e. The van der Waals surface area contributed by atoms with Crippen molar-refractivity contribution >= 4 is 23.7 Å². The van der Waals surface area contributed by atoms with Crippen LogP contribution in [0.2, 0.25) is 0 Å². The lowest BCUT2D eigenvalue weighted by Gasteiger charge is -2.21. The molecule has 0 fully saturated rings. The maximum atomic E-state index is 12.2. The van der Waals surface area contributed by atoms with E-state index in [1.54, 1.807) is 13.1 Å². The highest BCUT2D eigenvalue weighted by Crippen LogP contribution is 2.22. The minimum atomic E-state index is -0.488. The van der Waals surface area contributed by atoms with E-state index >= 15 is 0 Å². The molecule has 0 aliphatic rings. The third kappa shape index (κ3) is 6.26. The zero-order valence-corrected chi connectivity index (χ0v) is 15.8. The third-order valence-electron chi connectivity index (χ3n) is 3.25. The fourth-order valence-corrected chi connectivity index (χ4v) is 2.98. The van der Waals surface area contributed by atoms with Crippen LogP contribution in [0.4, 0.5) is 4.79 Å². The molecule has 1 aromatic heterocycles. The van der Waals surface area contributed by atoms with E-state index in [9.17, 15) is 9.59 Å². The van der Waals surface area contributed by atoms with Crippen molar-refractivity contribution in [3.05, 3.63) is 48.3 Å². The number of amides is 3. The number of nitrogens with one attached hydrogen (secondary N) is 2. The summed E-state index contributed by atoms with van der Waals surface area (Å²) < 4.78 is 1.99. The highest BCUT2D eigenvalue weighted by Gasteiger charge is 2.21. The Morgan fingerprint density at radius 2 is 1.92 bits per heavy atom. The van der Waals surface area contributed by atoms with E-state index in [2.05, 4.69) is 15.6 Å². The van der Waals surface area contributed by atoms with Crippen molar-refractivity contribution in [2.24, 2.45) is 0 Å². The number of carbonyl (C=O) groups excluding carboxylic acids is 2. The zero-order valence-electron chi connectivity index (χ0n) is 14.9. The standard InChI is InChI=1S/C18H24N4O2S/c1-13(15(23)20-16(24)21-18(2,3)4)25-17-19-10-11-22(17)12-14-8-6-5-7-9-14/h5-11,13H,12H2,1-4H3,(H2,20,21,23,24)/t13-/m1/s1. The summed E-state index contributed by atoms with van der Waals surface area (Å²) in [5.74, 6) is -0.346. The molecular weight excluding hydrogens is 336 g/mol. The summed E-state index contributed by atoms with van der Waals surface area (Å²) in [5, 5.41) is 5.37. The molecule has 25 heavy (non-hydrogen) atoms. The van der Waals surface area contributed by atoms with Gasteiger partial charge >= 0.3 is 6.03 Å². The van der Waals surface area contributed by atoms with Crippen molar-refractivity contribution in [3.8, 4) is 0 Å². The molecule has 0 spiro atoms. The summed E-state index contributed by atoms with van der Waals surface area (Å²) in [6.07, 6.45) is 3.59. The van der Waals surface area contributed by atoms with Crippen LogP contribution in [0.5, 0.6) is 0 Å². The van der Waals surface area contributed by atoms with Crippen LogP contribution in [0.3, 0.4) is 0 Å². The smallest absolute Gasteiger partial charge is 0.321 e. The van der Waals surface area contributed by atoms with Gasteiger partial charge in [0.15, 0.2) is 5.16 Å². The fraction of sp³-hybridized carbons (Fsp3) is 0.389. The maximum absolute atomic E-state index is 12.2. The van der Waals surface area contributed by atoms with Crippen molar-refractivity contribution in [1.82, 2.24) is 20.2 Å². The zero-order chi connectivity index (χ0) is 18.4. The molecule has 2 aromatic rings. The summed E-state index contributed by atoms with van der Waals surface area (Å²) in [6, 6.07) is 9.55. The molecule has 1 aromatic carbocycles. The Kier molecular flexibility index (Phi) is 6.25. The number of imidazole rings is 1. The van der Waals surface area contributed by atoms with Gasteiger partial charge in [-0.2, -0.15) is 0 Å². The van der Waals surface area contributed by atoms with Crippen LogP contribution >= 0.6 is 11.8 Å². The van der Waals surface area contributed by atoms with Crippen molar-refractivity contribution in [3.63, 3.8) is 0 Å². The summed E-state index contributed by atoms with van der Waals surface area (Å²) in [4.78, 5) is 28.3. The van der Waals surface area contributed by atoms with Crippen LogP contribution in [0.15, 0.2) is 47.9 Å². The first kappa shape index (κ1) is 19.1. The Hall–Kier alpha value is -2.28. The van der Waals surface area contributed by atoms with E-state index in [0.29, 0.717) is 6.54 Å². The van der Waals surface area contributed by atoms with Crippen molar-refractivity contribution in [2.45, 2.75) is 50.2 Å². The van der Waals surface area contributed by atoms with Crippen LogP contribution in [-0.4, -0.2) is 32.3 Å². The molecule has 0 saturated carbocycles. The van der Waals surface area contributed by atoms with Crippen LogP contribution < -0.4 is 10.6 Å². The number of thioether (sulfide) groups is 1. The topological polar surface area (TPSA) is 76.0 Å². The van der Waals surface area contributed by atoms with Crippen molar-refractivity contribution < 1.29 is 9.59 Å². The van der Waals surface area contributed by atoms with Gasteiger partial charge in [-0.3, -0.25) is 10.1 Å². The van der Waals surface area contributed by atoms with Gasteiger partial charge in [-0.1, -0.05) is 42.1 Å². The first-order valence-corrected chi connectivity index (χ1v) is 8.97. The molecule has 0 aliphatic carbocycles. The first-order valence-electron chi connectivity index (χ1n) is 8.09. The number of hydrogen-bond donors (Lipinski definition) is 2. The van der Waals surface area contributed by atoms with Gasteiger partial charge < -0.3 is 9.88 Å². The van der Waals surface area contributed by atoms with E-state index in [4.69, 9.17) is 0 Å². The van der Waals surface area contributed by atoms with Gasteiger partial charge in [0.2, 0.25) is 5.91 Å². The molecule has 0 saturated heterocycles. The summed E-state index contributed by atoms with van der Waals surface area (Å²) in [5.41, 5.74) is 0.760. The monoisotopic (exact) mass is 360 g/mol. The van der Waals surface area contributed by atoms with E-state index < -0.39 is 16.8 Å². The molecule has 1 heterocycles. The first-order chi connectivity index (χ1) is 11.7. The number of nitrogens with zero attached hydrogens (tertiary/aromatic N) is 2. The fourth-order valence-electron chi connectivity index (χ4n) is 2.11. The van der Waals surface area contributed by atoms with Gasteiger partial charge in [0.25, 0.3) is 0 Å². The summed E-state index contributed by atoms with van der Waals surface area (Å²) >= 11 is 1.32. The summed E-state index contributed by atoms with van der Waals surface area (Å²) in [6.45, 7) is 8.01. The second-order valence-electron chi connectivity index (χ2n) is 6.78. The lowest BCUT2D eigenvalue weighted by atomic mass is 10.1. The van der Waals surface area contributed by atoms with E-state index in [1.807, 2.05) is 61.9 Å². The Balaban J connectivity index is 1.94. The number of urea groups is 1. The molecule has 6 nitrogen and oxygen atoms in total. The average Bonchev–Trinajstić information content (AvgIpc) is 2.93. The quantitative estimate of drug-likeness (QED) is 0.804. The Morgan fingerprint density at radius 1 is 1.24 bits per heavy atom. The second-order valence-corrected chi connectivity index (χ2v) is 8.08. The molecule has 0 aliphatic heterocycles. The predicted octanol–water partition coefficient (Wildman–Crippen LogP) is 3.04. The lowest BCUT2D eigenvalue weighted by Crippen LogP contribution is -2.49. The molecule has 7 heteroatoms. The second kappa shape index (κ2) is 8.20. The maximum Gasteiger partial charge on any atom is 0.321 e. The number of benzene rings is 1. The van der Waals surface area contributed by atoms with Gasteiger partial charge in [-0.25, -0.2) is 9.78 Å². The van der Waals surface area contributed by atoms with Crippen LogP contribution in [0.25, 0.3) is 0 Å². The van der Waals surface area contributed by atoms with Crippen LogP contribution in [-0.2, 0) is 11.3 Å². The number of carbonyl (C=O) groups is 2. The molecule has 134 valence electrons. The van der Waals surface area contributed by atoms with E-state index in [-0.39, 0.29) is 5.91 Å². The Bertz CT molecular complexity index is 722. The van der Waals surface area contributed by atoms with Crippen LogP contribution in [0.1, 0.15) is 33.3 Å². The molecule has 0 bridgehead atoms. The normalized spacial score (nSPS) is 12.5. The lowest BCUT2D eigenvalue weighted by molar-refractivity contribution is -0.119. The molecule has 2 rings (SSSR count). The molecule has 0 unspecified atom stereocenters. The Morgan fingerprint density at radius 3 is 2.56 bits per heavy atom. The highest BCUT2D eigenvalue weighted by molar-refractivity contribution is 8.00. The van der Waals surface area contributed by atoms with Gasteiger partial charge in [-0.15, -0.1) is 0 Å². The number of imide groups is 1. The molecule has 0 radical (unpaired) electrons. The van der Waals surface area contributed by atoms with E-state index in [0.717, 1.165) is 10.7 Å². The Labute approximate surface area is 152 Å². The third-order valence-corrected chi connectivity index (χ3v) is 4.37. The minimum absolute atomic E-state index is 0.346. The number of hydrogen-bond acceptors (Lipinski definition) is 4. The molecule has 1 atom stereocenters. The predicted molar refractivity (Wildman–Crippen MR) is 99.5 cm³/mol. The van der Waals surface area contributed by atoms with E-state index in [1.165, 1.54) is 11.8 Å². The van der Waals surface area contributed by atoms with Crippen LogP contribution in [0, 0.1) is 0 Å². The van der Waals surface area contributed by atoms with Gasteiger partial charge in [0, 0.05) is 24.5 Å².